The molecule has 4 heterocycles. The van der Waals surface area contributed by atoms with Crippen LogP contribution in [0.2, 0.25) is 0 Å². The third kappa shape index (κ3) is 5.17. The first-order chi connectivity index (χ1) is 14.4. The molecule has 0 aliphatic carbocycles. The van der Waals surface area contributed by atoms with Gasteiger partial charge in [0.1, 0.15) is 18.0 Å². The van der Waals surface area contributed by atoms with Gasteiger partial charge >= 0.3 is 0 Å². The van der Waals surface area contributed by atoms with E-state index in [4.69, 9.17) is 0 Å². The maximum atomic E-state index is 13.4. The van der Waals surface area contributed by atoms with Gasteiger partial charge in [-0.15, -0.1) is 0 Å². The third-order valence-corrected chi connectivity index (χ3v) is 6.65. The van der Waals surface area contributed by atoms with E-state index in [1.165, 1.54) is 6.33 Å². The summed E-state index contributed by atoms with van der Waals surface area (Å²) in [6.07, 6.45) is 3.46. The lowest BCUT2D eigenvalue weighted by Gasteiger charge is -2.37. The number of aromatic nitrogens is 2. The zero-order valence-electron chi connectivity index (χ0n) is 17.8. The van der Waals surface area contributed by atoms with Crippen LogP contribution in [0.1, 0.15) is 32.6 Å². The van der Waals surface area contributed by atoms with E-state index in [0.717, 1.165) is 63.8 Å². The van der Waals surface area contributed by atoms with Gasteiger partial charge in [-0.2, -0.15) is 0 Å². The highest BCUT2D eigenvalue weighted by atomic mass is 19.3. The highest BCUT2D eigenvalue weighted by Crippen LogP contribution is 2.30. The van der Waals surface area contributed by atoms with Crippen LogP contribution in [-0.4, -0.2) is 90.5 Å². The number of likely N-dealkylation sites (tertiary alicyclic amines) is 1. The Hall–Kier alpha value is -2.03. The molecule has 1 aromatic heterocycles. The molecule has 0 atom stereocenters. The van der Waals surface area contributed by atoms with Gasteiger partial charge in [0, 0.05) is 71.3 Å². The van der Waals surface area contributed by atoms with Crippen LogP contribution in [0, 0.1) is 5.92 Å². The maximum Gasteiger partial charge on any atom is 0.251 e. The number of piperazine rings is 1. The Labute approximate surface area is 177 Å². The van der Waals surface area contributed by atoms with Gasteiger partial charge < -0.3 is 14.7 Å². The molecule has 166 valence electrons. The summed E-state index contributed by atoms with van der Waals surface area (Å²) in [6, 6.07) is 1.90. The number of hydrogen-bond donors (Lipinski definition) is 0. The molecule has 0 radical (unpaired) electrons. The van der Waals surface area contributed by atoms with E-state index >= 15 is 0 Å². The van der Waals surface area contributed by atoms with Crippen molar-refractivity contribution in [2.24, 2.45) is 5.92 Å². The second-order valence-corrected chi connectivity index (χ2v) is 8.90. The Bertz CT molecular complexity index is 722. The molecular formula is C21H32F2N6O. The summed E-state index contributed by atoms with van der Waals surface area (Å²) in [5.41, 5.74) is 0. The molecule has 0 unspecified atom stereocenters. The van der Waals surface area contributed by atoms with Crippen LogP contribution in [0.5, 0.6) is 0 Å². The lowest BCUT2D eigenvalue weighted by molar-refractivity contribution is -0.133. The number of rotatable bonds is 4. The van der Waals surface area contributed by atoms with Gasteiger partial charge in [0.2, 0.25) is 5.91 Å². The molecule has 0 aromatic carbocycles. The largest absolute Gasteiger partial charge is 0.356 e. The topological polar surface area (TPSA) is 55.8 Å². The first-order valence-electron chi connectivity index (χ1n) is 11.1. The molecule has 3 fully saturated rings. The number of nitrogens with zero attached hydrogens (tertiary/aromatic N) is 6. The van der Waals surface area contributed by atoms with Crippen molar-refractivity contribution >= 4 is 17.5 Å². The number of carbonyl (C=O) groups is 1. The molecular weight excluding hydrogens is 390 g/mol. The summed E-state index contributed by atoms with van der Waals surface area (Å²) in [5.74, 6) is -0.0638. The van der Waals surface area contributed by atoms with Gasteiger partial charge in [-0.1, -0.05) is 6.92 Å². The number of anilines is 2. The van der Waals surface area contributed by atoms with Crippen LogP contribution in [-0.2, 0) is 4.79 Å². The minimum absolute atomic E-state index is 0.130. The normalized spacial score (nSPS) is 23.6. The monoisotopic (exact) mass is 422 g/mol. The number of halogens is 2. The van der Waals surface area contributed by atoms with Crippen molar-refractivity contribution < 1.29 is 13.6 Å². The average Bonchev–Trinajstić information content (AvgIpc) is 2.75. The molecule has 0 spiro atoms. The molecule has 4 rings (SSSR count). The standard InChI is InChI=1S/C21H32F2N6O/c1-17-2-6-29(7-3-17)20(30)15-26-10-12-28(13-11-26)19-14-18(24-16-25-19)27-8-4-21(22,23)5-9-27/h14,16-17H,2-13,15H2,1H3. The number of alkyl halides is 2. The average molecular weight is 423 g/mol. The Morgan fingerprint density at radius 1 is 0.967 bits per heavy atom. The highest BCUT2D eigenvalue weighted by Gasteiger charge is 2.34. The fourth-order valence-electron chi connectivity index (χ4n) is 4.43. The number of carbonyl (C=O) groups excluding carboxylic acids is 1. The lowest BCUT2D eigenvalue weighted by atomic mass is 9.99. The zero-order chi connectivity index (χ0) is 21.1. The molecule has 0 N–H and O–H groups in total. The van der Waals surface area contributed by atoms with E-state index in [0.29, 0.717) is 25.5 Å². The van der Waals surface area contributed by atoms with Crippen LogP contribution in [0.3, 0.4) is 0 Å². The zero-order valence-corrected chi connectivity index (χ0v) is 17.8. The van der Waals surface area contributed by atoms with E-state index in [-0.39, 0.29) is 18.7 Å². The molecule has 9 heteroatoms. The molecule has 1 amide bonds. The van der Waals surface area contributed by atoms with Crippen molar-refractivity contribution in [3.05, 3.63) is 12.4 Å². The van der Waals surface area contributed by atoms with E-state index in [9.17, 15) is 13.6 Å². The minimum Gasteiger partial charge on any atom is -0.356 e. The fourth-order valence-corrected chi connectivity index (χ4v) is 4.43. The second kappa shape index (κ2) is 8.99. The molecule has 3 aliphatic rings. The molecule has 3 aliphatic heterocycles. The predicted octanol–water partition coefficient (Wildman–Crippen LogP) is 2.09. The molecule has 0 bridgehead atoms. The maximum absolute atomic E-state index is 13.4. The number of hydrogen-bond acceptors (Lipinski definition) is 6. The van der Waals surface area contributed by atoms with Gasteiger partial charge in [0.05, 0.1) is 6.54 Å². The van der Waals surface area contributed by atoms with E-state index < -0.39 is 5.92 Å². The van der Waals surface area contributed by atoms with Gasteiger partial charge in [-0.05, 0) is 18.8 Å². The summed E-state index contributed by atoms with van der Waals surface area (Å²) >= 11 is 0. The van der Waals surface area contributed by atoms with Gasteiger partial charge in [-0.25, -0.2) is 18.7 Å². The third-order valence-electron chi connectivity index (χ3n) is 6.65. The fraction of sp³-hybridized carbons (Fsp3) is 0.762. The van der Waals surface area contributed by atoms with Crippen molar-refractivity contribution in [3.63, 3.8) is 0 Å². The first-order valence-corrected chi connectivity index (χ1v) is 11.1. The molecule has 3 saturated heterocycles. The Morgan fingerprint density at radius 3 is 2.13 bits per heavy atom. The van der Waals surface area contributed by atoms with E-state index in [1.54, 1.807) is 0 Å². The van der Waals surface area contributed by atoms with Crippen LogP contribution in [0.15, 0.2) is 12.4 Å². The Kier molecular flexibility index (Phi) is 6.36. The number of piperidine rings is 2. The summed E-state index contributed by atoms with van der Waals surface area (Å²) < 4.78 is 26.9. The van der Waals surface area contributed by atoms with Crippen molar-refractivity contribution in [1.82, 2.24) is 19.8 Å². The quantitative estimate of drug-likeness (QED) is 0.741. The SMILES string of the molecule is CC1CCN(C(=O)CN2CCN(c3cc(N4CCC(F)(F)CC4)ncn3)CC2)CC1. The summed E-state index contributed by atoms with van der Waals surface area (Å²) in [6.45, 7) is 8.33. The lowest BCUT2D eigenvalue weighted by Crippen LogP contribution is -2.51. The highest BCUT2D eigenvalue weighted by molar-refractivity contribution is 5.78. The molecule has 7 nitrogen and oxygen atoms in total. The summed E-state index contributed by atoms with van der Waals surface area (Å²) in [4.78, 5) is 29.6. The van der Waals surface area contributed by atoms with Crippen molar-refractivity contribution in [2.75, 3.05) is 68.7 Å². The number of amides is 1. The first kappa shape index (κ1) is 21.2. The van der Waals surface area contributed by atoms with Crippen molar-refractivity contribution in [1.29, 1.82) is 0 Å². The molecule has 0 saturated carbocycles. The van der Waals surface area contributed by atoms with Crippen LogP contribution in [0.4, 0.5) is 20.4 Å². The Morgan fingerprint density at radius 2 is 1.53 bits per heavy atom. The molecule has 30 heavy (non-hydrogen) atoms. The second-order valence-electron chi connectivity index (χ2n) is 8.90. The van der Waals surface area contributed by atoms with Crippen LogP contribution in [0.25, 0.3) is 0 Å². The van der Waals surface area contributed by atoms with Crippen molar-refractivity contribution in [2.45, 2.75) is 38.5 Å². The van der Waals surface area contributed by atoms with Gasteiger partial charge in [0.25, 0.3) is 5.92 Å². The van der Waals surface area contributed by atoms with Gasteiger partial charge in [-0.3, -0.25) is 9.69 Å². The minimum atomic E-state index is -2.56. The van der Waals surface area contributed by atoms with E-state index in [2.05, 4.69) is 26.7 Å². The van der Waals surface area contributed by atoms with E-state index in [1.807, 2.05) is 15.9 Å². The van der Waals surface area contributed by atoms with Gasteiger partial charge in [0.15, 0.2) is 0 Å². The smallest absolute Gasteiger partial charge is 0.251 e. The van der Waals surface area contributed by atoms with Crippen LogP contribution >= 0.6 is 0 Å². The predicted molar refractivity (Wildman–Crippen MR) is 112 cm³/mol. The Balaban J connectivity index is 1.27. The summed E-state index contributed by atoms with van der Waals surface area (Å²) in [5, 5.41) is 0. The summed E-state index contributed by atoms with van der Waals surface area (Å²) in [7, 11) is 0. The molecule has 1 aromatic rings. The van der Waals surface area contributed by atoms with Crippen LogP contribution < -0.4 is 9.80 Å². The van der Waals surface area contributed by atoms with Crippen molar-refractivity contribution in [3.8, 4) is 0 Å².